The van der Waals surface area contributed by atoms with E-state index in [-0.39, 0.29) is 34.3 Å². The monoisotopic (exact) mass is 588 g/mol. The van der Waals surface area contributed by atoms with Crippen LogP contribution in [0.1, 0.15) is 53.5 Å². The number of benzene rings is 1. The lowest BCUT2D eigenvalue weighted by Crippen LogP contribution is -2.68. The average Bonchev–Trinajstić information content (AvgIpc) is 2.73. The molecule has 0 unspecified atom stereocenters. The summed E-state index contributed by atoms with van der Waals surface area (Å²) < 4.78 is 27.0. The van der Waals surface area contributed by atoms with E-state index in [2.05, 4.69) is 15.9 Å². The molecule has 1 fully saturated rings. The van der Waals surface area contributed by atoms with Crippen LogP contribution in [0.25, 0.3) is 0 Å². The molecule has 3 rings (SSSR count). The lowest BCUT2D eigenvalue weighted by atomic mass is 9.53. The van der Waals surface area contributed by atoms with E-state index in [1.807, 2.05) is 41.5 Å². The number of imide groups is 1. The summed E-state index contributed by atoms with van der Waals surface area (Å²) in [5, 5.41) is 19.5. The highest BCUT2D eigenvalue weighted by molar-refractivity contribution is 9.10. The number of thioether (sulfide) groups is 1. The highest BCUT2D eigenvalue weighted by Crippen LogP contribution is 2.67. The highest BCUT2D eigenvalue weighted by atomic mass is 79.9. The fourth-order valence-electron chi connectivity index (χ4n) is 6.17. The van der Waals surface area contributed by atoms with E-state index in [4.69, 9.17) is 14.5 Å². The van der Waals surface area contributed by atoms with Crippen LogP contribution in [0.5, 0.6) is 0 Å². The number of fused-ring (bicyclic) bond motifs is 1. The summed E-state index contributed by atoms with van der Waals surface area (Å²) in [6, 6.07) is 4.53. The zero-order chi connectivity index (χ0) is 27.3. The Balaban J connectivity index is 2.48. The van der Waals surface area contributed by atoms with Crippen LogP contribution in [0.15, 0.2) is 27.7 Å². The Morgan fingerprint density at radius 3 is 2.31 bits per heavy atom. The van der Waals surface area contributed by atoms with Crippen molar-refractivity contribution in [1.82, 2.24) is 4.90 Å². The molecule has 1 saturated heterocycles. The third-order valence-corrected chi connectivity index (χ3v) is 9.98. The van der Waals surface area contributed by atoms with Crippen LogP contribution in [-0.2, 0) is 15.0 Å². The first kappa shape index (κ1) is 28.9. The summed E-state index contributed by atoms with van der Waals surface area (Å²) in [7, 11) is 1.59. The van der Waals surface area contributed by atoms with E-state index in [0.717, 1.165) is 11.8 Å². The molecule has 11 heteroatoms. The molecule has 3 atom stereocenters. The molecule has 0 aromatic heterocycles. The first-order chi connectivity index (χ1) is 16.5. The quantitative estimate of drug-likeness (QED) is 0.419. The van der Waals surface area contributed by atoms with Crippen molar-refractivity contribution in [1.29, 1.82) is 0 Å². The molecule has 2 aliphatic heterocycles. The van der Waals surface area contributed by atoms with E-state index >= 15 is 4.39 Å². The topological polar surface area (TPSA) is 109 Å². The summed E-state index contributed by atoms with van der Waals surface area (Å²) in [6.45, 7) is 12.5. The Morgan fingerprint density at radius 2 is 1.81 bits per heavy atom. The average molecular weight is 590 g/mol. The van der Waals surface area contributed by atoms with Crippen molar-refractivity contribution in [2.45, 2.75) is 64.4 Å². The first-order valence-corrected chi connectivity index (χ1v) is 13.2. The zero-order valence-electron chi connectivity index (χ0n) is 21.6. The van der Waals surface area contributed by atoms with Crippen molar-refractivity contribution in [3.05, 3.63) is 34.1 Å². The Morgan fingerprint density at radius 1 is 1.22 bits per heavy atom. The molecule has 2 heterocycles. The summed E-state index contributed by atoms with van der Waals surface area (Å²) >= 11 is 4.58. The van der Waals surface area contributed by atoms with Gasteiger partial charge in [0.05, 0.1) is 19.3 Å². The maximum absolute atomic E-state index is 15.6. The summed E-state index contributed by atoms with van der Waals surface area (Å²) in [5.74, 6) is -0.887. The van der Waals surface area contributed by atoms with E-state index in [1.54, 1.807) is 19.2 Å². The molecule has 2 amide bonds. The molecule has 36 heavy (non-hydrogen) atoms. The van der Waals surface area contributed by atoms with E-state index in [0.29, 0.717) is 17.5 Å². The van der Waals surface area contributed by atoms with E-state index in [9.17, 15) is 19.8 Å². The predicted molar refractivity (Wildman–Crippen MR) is 140 cm³/mol. The molecule has 1 aromatic rings. The van der Waals surface area contributed by atoms with Crippen molar-refractivity contribution in [3.8, 4) is 0 Å². The van der Waals surface area contributed by atoms with Crippen molar-refractivity contribution >= 4 is 45.0 Å². The molecular weight excluding hydrogens is 555 g/mol. The molecule has 0 aliphatic carbocycles. The predicted octanol–water partition coefficient (Wildman–Crippen LogP) is 6.43. The number of nitrogens with zero attached hydrogens (tertiary/aromatic N) is 2. The second-order valence-electron chi connectivity index (χ2n) is 11.4. The summed E-state index contributed by atoms with van der Waals surface area (Å²) in [6.07, 6.45) is -3.19. The van der Waals surface area contributed by atoms with Crippen LogP contribution in [0.4, 0.5) is 14.0 Å². The standard InChI is InChI=1S/C25H34BrFN2O6S/c1-22(2,3)25(23(4,5)6)18-11-15(12-34-7)35-13-24(18,16-10-14(26)8-9-17(16)27)28-19(36-25)29(20(30)31)21(32)33/h8-10,15,18H,11-13H2,1-7H3,(H,30,31)(H,32,33)/t15-,18-,24-/m1/s1. The summed E-state index contributed by atoms with van der Waals surface area (Å²) in [5.41, 5.74) is -2.17. The zero-order valence-corrected chi connectivity index (χ0v) is 24.0. The van der Waals surface area contributed by atoms with Crippen LogP contribution in [0, 0.1) is 22.6 Å². The van der Waals surface area contributed by atoms with Gasteiger partial charge in [0.25, 0.3) is 0 Å². The fourth-order valence-corrected chi connectivity index (χ4v) is 8.32. The van der Waals surface area contributed by atoms with Gasteiger partial charge in [0.2, 0.25) is 0 Å². The third-order valence-electron chi connectivity index (χ3n) is 7.20. The number of amides is 2. The maximum Gasteiger partial charge on any atom is 0.423 e. The number of carboxylic acid groups (broad SMARTS) is 2. The van der Waals surface area contributed by atoms with Gasteiger partial charge in [-0.2, -0.15) is 4.90 Å². The molecule has 8 nitrogen and oxygen atoms in total. The number of methoxy groups -OCH3 is 1. The van der Waals surface area contributed by atoms with Crippen LogP contribution in [-0.4, -0.2) is 63.6 Å². The SMILES string of the molecule is COC[C@H]1C[C@H]2C(C(C)(C)C)(C(C)(C)C)SC(N(C(=O)O)C(=O)O)=N[C@@]2(c2cc(Br)ccc2F)CO1. The second-order valence-corrected chi connectivity index (χ2v) is 13.5. The van der Waals surface area contributed by atoms with Gasteiger partial charge in [-0.05, 0) is 35.4 Å². The molecule has 2 aliphatic rings. The highest BCUT2D eigenvalue weighted by Gasteiger charge is 2.68. The van der Waals surface area contributed by atoms with Gasteiger partial charge in [-0.1, -0.05) is 69.2 Å². The number of carbonyl (C=O) groups is 2. The molecule has 0 saturated carbocycles. The number of rotatable bonds is 3. The summed E-state index contributed by atoms with van der Waals surface area (Å²) in [4.78, 5) is 29.3. The first-order valence-electron chi connectivity index (χ1n) is 11.6. The van der Waals surface area contributed by atoms with E-state index < -0.39 is 39.1 Å². The van der Waals surface area contributed by atoms with Crippen LogP contribution in [0.3, 0.4) is 0 Å². The van der Waals surface area contributed by atoms with E-state index in [1.165, 1.54) is 6.07 Å². The van der Waals surface area contributed by atoms with Crippen molar-refractivity contribution < 1.29 is 33.7 Å². The minimum atomic E-state index is -1.68. The molecular formula is C25H34BrFN2O6S. The molecule has 0 radical (unpaired) electrons. The number of ether oxygens (including phenoxy) is 2. The number of hydrogen-bond donors (Lipinski definition) is 2. The Bertz CT molecular complexity index is 1040. The molecule has 1 aromatic carbocycles. The third kappa shape index (κ3) is 4.68. The maximum atomic E-state index is 15.6. The lowest BCUT2D eigenvalue weighted by molar-refractivity contribution is -0.119. The van der Waals surface area contributed by atoms with Crippen molar-refractivity contribution in [3.63, 3.8) is 0 Å². The van der Waals surface area contributed by atoms with Gasteiger partial charge < -0.3 is 19.7 Å². The van der Waals surface area contributed by atoms with Gasteiger partial charge in [-0.15, -0.1) is 0 Å². The van der Waals surface area contributed by atoms with Gasteiger partial charge in [-0.25, -0.2) is 19.0 Å². The minimum absolute atomic E-state index is 0.0654. The van der Waals surface area contributed by atoms with Gasteiger partial charge >= 0.3 is 12.2 Å². The largest absolute Gasteiger partial charge is 0.464 e. The molecule has 2 N–H and O–H groups in total. The van der Waals surface area contributed by atoms with Crippen LogP contribution < -0.4 is 0 Å². The number of hydrogen-bond acceptors (Lipinski definition) is 6. The van der Waals surface area contributed by atoms with Gasteiger partial charge in [0, 0.05) is 27.8 Å². The Labute approximate surface area is 223 Å². The van der Waals surface area contributed by atoms with Gasteiger partial charge in [-0.3, -0.25) is 0 Å². The van der Waals surface area contributed by atoms with Gasteiger partial charge in [0.1, 0.15) is 11.4 Å². The smallest absolute Gasteiger partial charge is 0.423 e. The van der Waals surface area contributed by atoms with Gasteiger partial charge in [0.15, 0.2) is 5.17 Å². The van der Waals surface area contributed by atoms with Crippen LogP contribution in [0.2, 0.25) is 0 Å². The van der Waals surface area contributed by atoms with Crippen molar-refractivity contribution in [2.75, 3.05) is 20.3 Å². The Hall–Kier alpha value is -1.69. The molecule has 0 bridgehead atoms. The molecule has 200 valence electrons. The number of aliphatic imine (C=N–C) groups is 1. The normalized spacial score (nSPS) is 26.1. The fraction of sp³-hybridized carbons (Fsp3) is 0.640. The number of amidine groups is 1. The van der Waals surface area contributed by atoms with Crippen molar-refractivity contribution in [2.24, 2.45) is 21.7 Å². The molecule has 0 spiro atoms. The Kier molecular flexibility index (Phi) is 7.93. The van der Waals surface area contributed by atoms with Crippen LogP contribution >= 0.6 is 27.7 Å². The lowest BCUT2D eigenvalue weighted by Gasteiger charge is -2.64. The number of halogens is 2. The second kappa shape index (κ2) is 9.89. The minimum Gasteiger partial charge on any atom is -0.464 e.